The highest BCUT2D eigenvalue weighted by Gasteiger charge is 2.22. The highest BCUT2D eigenvalue weighted by Crippen LogP contribution is 2.19. The molecule has 0 saturated carbocycles. The summed E-state index contributed by atoms with van der Waals surface area (Å²) < 4.78 is 1.01. The zero-order valence-electron chi connectivity index (χ0n) is 9.48. The second kappa shape index (κ2) is 4.87. The molecule has 0 aliphatic carbocycles. The molecule has 1 aliphatic rings. The summed E-state index contributed by atoms with van der Waals surface area (Å²) in [5.74, 6) is 0.555. The Morgan fingerprint density at radius 3 is 2.94 bits per heavy atom. The SMILES string of the molecule is Cc1cc(C2=NCCCN2C(=O)O)ccc1Br. The topological polar surface area (TPSA) is 52.9 Å². The summed E-state index contributed by atoms with van der Waals surface area (Å²) in [6.45, 7) is 3.18. The molecule has 1 aromatic carbocycles. The van der Waals surface area contributed by atoms with Crippen LogP contribution in [-0.4, -0.2) is 35.0 Å². The Bertz CT molecular complexity index is 485. The summed E-state index contributed by atoms with van der Waals surface area (Å²) in [5, 5.41) is 9.13. The van der Waals surface area contributed by atoms with E-state index in [1.165, 1.54) is 4.90 Å². The maximum atomic E-state index is 11.1. The summed E-state index contributed by atoms with van der Waals surface area (Å²) in [5.41, 5.74) is 1.92. The molecular weight excluding hydrogens is 284 g/mol. The summed E-state index contributed by atoms with van der Waals surface area (Å²) in [6.07, 6.45) is -0.158. The predicted octanol–water partition coefficient (Wildman–Crippen LogP) is 2.89. The van der Waals surface area contributed by atoms with Crippen molar-refractivity contribution in [1.29, 1.82) is 0 Å². The van der Waals surface area contributed by atoms with Crippen LogP contribution in [0, 0.1) is 6.92 Å². The third kappa shape index (κ3) is 2.49. The van der Waals surface area contributed by atoms with Crippen molar-refractivity contribution in [3.05, 3.63) is 33.8 Å². The maximum absolute atomic E-state index is 11.1. The van der Waals surface area contributed by atoms with Crippen molar-refractivity contribution >= 4 is 27.9 Å². The van der Waals surface area contributed by atoms with E-state index in [1.807, 2.05) is 25.1 Å². The van der Waals surface area contributed by atoms with Gasteiger partial charge in [-0.05, 0) is 31.0 Å². The molecule has 0 unspecified atom stereocenters. The largest absolute Gasteiger partial charge is 0.465 e. The van der Waals surface area contributed by atoms with Gasteiger partial charge in [-0.3, -0.25) is 9.89 Å². The zero-order chi connectivity index (χ0) is 12.4. The molecule has 17 heavy (non-hydrogen) atoms. The van der Waals surface area contributed by atoms with Crippen LogP contribution in [0.4, 0.5) is 4.79 Å². The number of halogens is 1. The van der Waals surface area contributed by atoms with Gasteiger partial charge in [0.1, 0.15) is 5.84 Å². The molecule has 1 N–H and O–H groups in total. The fraction of sp³-hybridized carbons (Fsp3) is 0.333. The fourth-order valence-electron chi connectivity index (χ4n) is 1.82. The first-order chi connectivity index (χ1) is 8.09. The zero-order valence-corrected chi connectivity index (χ0v) is 11.1. The van der Waals surface area contributed by atoms with Gasteiger partial charge < -0.3 is 5.11 Å². The van der Waals surface area contributed by atoms with Gasteiger partial charge in [-0.25, -0.2) is 4.79 Å². The number of nitrogens with zero attached hydrogens (tertiary/aromatic N) is 2. The number of amidine groups is 1. The average Bonchev–Trinajstić information content (AvgIpc) is 2.32. The van der Waals surface area contributed by atoms with E-state index in [0.717, 1.165) is 22.0 Å². The van der Waals surface area contributed by atoms with Gasteiger partial charge in [0.2, 0.25) is 0 Å². The van der Waals surface area contributed by atoms with Gasteiger partial charge in [0.25, 0.3) is 0 Å². The van der Waals surface area contributed by atoms with E-state index in [4.69, 9.17) is 5.11 Å². The average molecular weight is 297 g/mol. The molecule has 1 amide bonds. The minimum atomic E-state index is -0.941. The minimum Gasteiger partial charge on any atom is -0.465 e. The normalized spacial score (nSPS) is 15.6. The molecule has 4 nitrogen and oxygen atoms in total. The molecule has 0 aromatic heterocycles. The molecule has 0 spiro atoms. The molecule has 0 radical (unpaired) electrons. The van der Waals surface area contributed by atoms with Crippen LogP contribution in [0.2, 0.25) is 0 Å². The van der Waals surface area contributed by atoms with Crippen LogP contribution in [0.25, 0.3) is 0 Å². The third-order valence-corrected chi connectivity index (χ3v) is 3.59. The van der Waals surface area contributed by atoms with Gasteiger partial charge in [-0.15, -0.1) is 0 Å². The lowest BCUT2D eigenvalue weighted by molar-refractivity contribution is 0.167. The van der Waals surface area contributed by atoms with Crippen molar-refractivity contribution in [2.45, 2.75) is 13.3 Å². The van der Waals surface area contributed by atoms with E-state index in [-0.39, 0.29) is 0 Å². The maximum Gasteiger partial charge on any atom is 0.413 e. The minimum absolute atomic E-state index is 0.517. The summed E-state index contributed by atoms with van der Waals surface area (Å²) in [7, 11) is 0. The van der Waals surface area contributed by atoms with E-state index in [0.29, 0.717) is 18.9 Å². The van der Waals surface area contributed by atoms with E-state index in [2.05, 4.69) is 20.9 Å². The lowest BCUT2D eigenvalue weighted by Crippen LogP contribution is -2.40. The molecule has 5 heteroatoms. The Morgan fingerprint density at radius 1 is 1.53 bits per heavy atom. The molecule has 0 bridgehead atoms. The van der Waals surface area contributed by atoms with Gasteiger partial charge in [-0.2, -0.15) is 0 Å². The monoisotopic (exact) mass is 296 g/mol. The quantitative estimate of drug-likeness (QED) is 0.866. The van der Waals surface area contributed by atoms with Crippen LogP contribution in [0.1, 0.15) is 17.5 Å². The Balaban J connectivity index is 2.40. The van der Waals surface area contributed by atoms with E-state index < -0.39 is 6.09 Å². The number of aryl methyl sites for hydroxylation is 1. The lowest BCUT2D eigenvalue weighted by Gasteiger charge is -2.25. The molecule has 0 fully saturated rings. The first-order valence-corrected chi connectivity index (χ1v) is 6.20. The smallest absolute Gasteiger partial charge is 0.413 e. The Hall–Kier alpha value is -1.36. The standard InChI is InChI=1S/C12H13BrN2O2/c1-8-7-9(3-4-10(8)13)11-14-5-2-6-15(11)12(16)17/h3-4,7H,2,5-6H2,1H3,(H,16,17). The lowest BCUT2D eigenvalue weighted by atomic mass is 10.1. The predicted molar refractivity (Wildman–Crippen MR) is 69.6 cm³/mol. The Kier molecular flexibility index (Phi) is 3.47. The van der Waals surface area contributed by atoms with E-state index in [9.17, 15) is 4.79 Å². The molecular formula is C12H13BrN2O2. The van der Waals surface area contributed by atoms with E-state index >= 15 is 0 Å². The van der Waals surface area contributed by atoms with Crippen LogP contribution < -0.4 is 0 Å². The number of hydrogen-bond donors (Lipinski definition) is 1. The van der Waals surface area contributed by atoms with Crippen LogP contribution >= 0.6 is 15.9 Å². The first kappa shape index (κ1) is 12.1. The number of amides is 1. The van der Waals surface area contributed by atoms with Gasteiger partial charge in [0, 0.05) is 23.1 Å². The highest BCUT2D eigenvalue weighted by molar-refractivity contribution is 9.10. The first-order valence-electron chi connectivity index (χ1n) is 5.41. The van der Waals surface area contributed by atoms with Gasteiger partial charge in [0.15, 0.2) is 0 Å². The van der Waals surface area contributed by atoms with Crippen LogP contribution in [-0.2, 0) is 0 Å². The molecule has 2 rings (SSSR count). The second-order valence-corrected chi connectivity index (χ2v) is 4.81. The van der Waals surface area contributed by atoms with Crippen molar-refractivity contribution in [3.63, 3.8) is 0 Å². The number of carbonyl (C=O) groups is 1. The van der Waals surface area contributed by atoms with Crippen LogP contribution in [0.5, 0.6) is 0 Å². The number of aliphatic imine (C=N–C) groups is 1. The summed E-state index contributed by atoms with van der Waals surface area (Å²) in [6, 6.07) is 5.75. The van der Waals surface area contributed by atoms with Crippen molar-refractivity contribution < 1.29 is 9.90 Å². The number of carboxylic acid groups (broad SMARTS) is 1. The molecule has 90 valence electrons. The molecule has 1 aliphatic heterocycles. The summed E-state index contributed by atoms with van der Waals surface area (Å²) in [4.78, 5) is 16.8. The van der Waals surface area contributed by atoms with Gasteiger partial charge in [-0.1, -0.05) is 22.0 Å². The fourth-order valence-corrected chi connectivity index (χ4v) is 2.07. The van der Waals surface area contributed by atoms with E-state index in [1.54, 1.807) is 0 Å². The molecule has 0 atom stereocenters. The van der Waals surface area contributed by atoms with Gasteiger partial charge in [0.05, 0.1) is 0 Å². The Morgan fingerprint density at radius 2 is 2.29 bits per heavy atom. The summed E-state index contributed by atoms with van der Waals surface area (Å²) >= 11 is 3.43. The Labute approximate surface area is 108 Å². The molecule has 1 aromatic rings. The van der Waals surface area contributed by atoms with Crippen molar-refractivity contribution in [2.75, 3.05) is 13.1 Å². The van der Waals surface area contributed by atoms with Crippen molar-refractivity contribution in [1.82, 2.24) is 4.90 Å². The number of hydrogen-bond acceptors (Lipinski definition) is 2. The number of benzene rings is 1. The third-order valence-electron chi connectivity index (χ3n) is 2.70. The molecule has 1 heterocycles. The van der Waals surface area contributed by atoms with Crippen LogP contribution in [0.3, 0.4) is 0 Å². The number of rotatable bonds is 1. The molecule has 0 saturated heterocycles. The van der Waals surface area contributed by atoms with Crippen molar-refractivity contribution in [3.8, 4) is 0 Å². The van der Waals surface area contributed by atoms with Gasteiger partial charge >= 0.3 is 6.09 Å². The van der Waals surface area contributed by atoms with Crippen LogP contribution in [0.15, 0.2) is 27.7 Å². The second-order valence-electron chi connectivity index (χ2n) is 3.96. The highest BCUT2D eigenvalue weighted by atomic mass is 79.9. The van der Waals surface area contributed by atoms with Crippen molar-refractivity contribution in [2.24, 2.45) is 4.99 Å².